The van der Waals surface area contributed by atoms with Crippen LogP contribution >= 0.6 is 34.0 Å². The summed E-state index contributed by atoms with van der Waals surface area (Å²) >= 11 is 5.52. The van der Waals surface area contributed by atoms with Gasteiger partial charge in [-0.15, -0.1) is 34.0 Å². The van der Waals surface area contributed by atoms with Crippen molar-refractivity contribution in [2.75, 3.05) is 4.90 Å². The predicted molar refractivity (Wildman–Crippen MR) is 254 cm³/mol. The molecule has 0 spiro atoms. The third kappa shape index (κ3) is 5.47. The van der Waals surface area contributed by atoms with Crippen LogP contribution < -0.4 is 4.90 Å². The first kappa shape index (κ1) is 33.5. The van der Waals surface area contributed by atoms with Crippen LogP contribution in [0.25, 0.3) is 94.2 Å². The summed E-state index contributed by atoms with van der Waals surface area (Å²) in [4.78, 5) is 7.46. The van der Waals surface area contributed by atoms with Crippen LogP contribution in [0.1, 0.15) is 0 Å². The lowest BCUT2D eigenvalue weighted by Crippen LogP contribution is -2.10. The Labute approximate surface area is 347 Å². The van der Waals surface area contributed by atoms with E-state index in [1.54, 1.807) is 11.3 Å². The molecule has 3 heterocycles. The van der Waals surface area contributed by atoms with E-state index in [2.05, 4.69) is 199 Å². The summed E-state index contributed by atoms with van der Waals surface area (Å²) in [6.45, 7) is 0. The van der Waals surface area contributed by atoms with Crippen molar-refractivity contribution in [3.05, 3.63) is 194 Å². The second-order valence-electron chi connectivity index (χ2n) is 14.7. The fourth-order valence-electron chi connectivity index (χ4n) is 8.57. The van der Waals surface area contributed by atoms with Crippen LogP contribution in [-0.4, -0.2) is 4.98 Å². The van der Waals surface area contributed by atoms with Gasteiger partial charge < -0.3 is 4.90 Å². The number of benzene rings is 9. The number of rotatable bonds is 6. The normalized spacial score (nSPS) is 11.8. The molecule has 0 radical (unpaired) electrons. The smallest absolute Gasteiger partial charge is 0.124 e. The molecular formula is C53H32N2S3. The summed E-state index contributed by atoms with van der Waals surface area (Å²) in [7, 11) is 0. The maximum Gasteiger partial charge on any atom is 0.124 e. The van der Waals surface area contributed by atoms with Gasteiger partial charge in [-0.3, -0.25) is 0 Å². The van der Waals surface area contributed by atoms with E-state index in [4.69, 9.17) is 4.98 Å². The molecular weight excluding hydrogens is 761 g/mol. The molecule has 0 saturated heterocycles. The van der Waals surface area contributed by atoms with Crippen LogP contribution in [0.15, 0.2) is 194 Å². The van der Waals surface area contributed by atoms with E-state index in [0.29, 0.717) is 0 Å². The molecule has 9 aromatic carbocycles. The third-order valence-corrected chi connectivity index (χ3v) is 14.7. The van der Waals surface area contributed by atoms with Crippen LogP contribution in [0.5, 0.6) is 0 Å². The minimum Gasteiger partial charge on any atom is -0.310 e. The fourth-order valence-corrected chi connectivity index (χ4v) is 12.0. The van der Waals surface area contributed by atoms with E-state index >= 15 is 0 Å². The van der Waals surface area contributed by atoms with Crippen molar-refractivity contribution in [2.24, 2.45) is 0 Å². The Morgan fingerprint density at radius 3 is 1.86 bits per heavy atom. The zero-order valence-corrected chi connectivity index (χ0v) is 33.5. The topological polar surface area (TPSA) is 16.1 Å². The molecule has 58 heavy (non-hydrogen) atoms. The quantitative estimate of drug-likeness (QED) is 0.167. The zero-order valence-electron chi connectivity index (χ0n) is 31.1. The first-order valence-electron chi connectivity index (χ1n) is 19.4. The Balaban J connectivity index is 0.954. The average Bonchev–Trinajstić information content (AvgIpc) is 4.01. The molecule has 0 N–H and O–H groups in total. The van der Waals surface area contributed by atoms with Gasteiger partial charge in [0.15, 0.2) is 0 Å². The number of thiazole rings is 1. The van der Waals surface area contributed by atoms with Crippen molar-refractivity contribution < 1.29 is 0 Å². The predicted octanol–water partition coefficient (Wildman–Crippen LogP) is 16.7. The molecule has 0 saturated carbocycles. The monoisotopic (exact) mass is 792 g/mol. The molecule has 0 aliphatic carbocycles. The van der Waals surface area contributed by atoms with Gasteiger partial charge in [-0.1, -0.05) is 133 Å². The number of fused-ring (bicyclic) bond motifs is 9. The lowest BCUT2D eigenvalue weighted by atomic mass is 9.98. The SMILES string of the molecule is c1ccc(-c2nc3ccc4sc5cc(-c6ccc(N(c7ccc(-c8cccc9ccccc89)cc7)c7cccc8sc9ccccc9c78)cc6)ccc5c4c3s2)cc1. The van der Waals surface area contributed by atoms with E-state index in [1.165, 1.54) is 89.3 Å². The largest absolute Gasteiger partial charge is 0.310 e. The first-order chi connectivity index (χ1) is 28.7. The molecule has 12 aromatic rings. The van der Waals surface area contributed by atoms with E-state index in [-0.39, 0.29) is 0 Å². The summed E-state index contributed by atoms with van der Waals surface area (Å²) in [6.07, 6.45) is 0. The van der Waals surface area contributed by atoms with Crippen molar-refractivity contribution in [1.29, 1.82) is 0 Å². The molecule has 272 valence electrons. The zero-order chi connectivity index (χ0) is 38.2. The second-order valence-corrected chi connectivity index (χ2v) is 17.9. The van der Waals surface area contributed by atoms with Crippen LogP contribution in [0.2, 0.25) is 0 Å². The number of hydrogen-bond donors (Lipinski definition) is 0. The van der Waals surface area contributed by atoms with Crippen LogP contribution in [0, 0.1) is 0 Å². The summed E-state index contributed by atoms with van der Waals surface area (Å²) in [5, 5.41) is 8.77. The highest BCUT2D eigenvalue weighted by Crippen LogP contribution is 2.47. The van der Waals surface area contributed by atoms with Crippen LogP contribution in [0.3, 0.4) is 0 Å². The Bertz CT molecular complexity index is 3500. The Morgan fingerprint density at radius 2 is 1.02 bits per heavy atom. The molecule has 2 nitrogen and oxygen atoms in total. The molecule has 0 amide bonds. The summed E-state index contributed by atoms with van der Waals surface area (Å²) in [5.41, 5.74) is 10.5. The molecule has 3 aromatic heterocycles. The summed E-state index contributed by atoms with van der Waals surface area (Å²) in [5.74, 6) is 0. The molecule has 12 rings (SSSR count). The fraction of sp³-hybridized carbons (Fsp3) is 0. The van der Waals surface area contributed by atoms with Gasteiger partial charge in [0.2, 0.25) is 0 Å². The van der Waals surface area contributed by atoms with Gasteiger partial charge in [0, 0.05) is 57.3 Å². The van der Waals surface area contributed by atoms with E-state index < -0.39 is 0 Å². The maximum absolute atomic E-state index is 5.03. The standard InChI is InChI=1S/C53H32N2S3/c1-2-11-36(12-3-1)53-54-44-30-31-48-51(52(44)58-53)43-29-24-37(32-49(43)57-48)33-20-25-38(26-21-33)55(45-17-9-19-47-50(45)42-15-6-7-18-46(42)56-47)39-27-22-35(23-28-39)41-16-8-13-34-10-4-5-14-40(34)41/h1-32H. The minimum absolute atomic E-state index is 1.06. The van der Waals surface area contributed by atoms with E-state index in [0.717, 1.165) is 21.9 Å². The van der Waals surface area contributed by atoms with Gasteiger partial charge >= 0.3 is 0 Å². The van der Waals surface area contributed by atoms with Crippen molar-refractivity contribution in [2.45, 2.75) is 0 Å². The molecule has 0 atom stereocenters. The van der Waals surface area contributed by atoms with Gasteiger partial charge in [0.1, 0.15) is 5.01 Å². The highest BCUT2D eigenvalue weighted by atomic mass is 32.1. The van der Waals surface area contributed by atoms with Gasteiger partial charge in [-0.05, 0) is 93.7 Å². The maximum atomic E-state index is 5.03. The van der Waals surface area contributed by atoms with Crippen molar-refractivity contribution in [3.8, 4) is 32.8 Å². The van der Waals surface area contributed by atoms with Gasteiger partial charge in [-0.25, -0.2) is 4.98 Å². The molecule has 0 bridgehead atoms. The number of thiophene rings is 2. The van der Waals surface area contributed by atoms with E-state index in [1.807, 2.05) is 22.7 Å². The summed E-state index contributed by atoms with van der Waals surface area (Å²) in [6, 6.07) is 70.8. The highest BCUT2D eigenvalue weighted by Gasteiger charge is 2.20. The highest BCUT2D eigenvalue weighted by molar-refractivity contribution is 7.28. The molecule has 0 unspecified atom stereocenters. The van der Waals surface area contributed by atoms with Gasteiger partial charge in [0.05, 0.1) is 15.9 Å². The molecule has 0 fully saturated rings. The van der Waals surface area contributed by atoms with Crippen LogP contribution in [0.4, 0.5) is 17.1 Å². The molecule has 0 aliphatic rings. The molecule has 0 aliphatic heterocycles. The van der Waals surface area contributed by atoms with Gasteiger partial charge in [0.25, 0.3) is 0 Å². The van der Waals surface area contributed by atoms with E-state index in [9.17, 15) is 0 Å². The Hall–Kier alpha value is -6.63. The first-order valence-corrected chi connectivity index (χ1v) is 21.9. The Kier molecular flexibility index (Phi) is 7.80. The lowest BCUT2D eigenvalue weighted by molar-refractivity contribution is 1.30. The number of hydrogen-bond acceptors (Lipinski definition) is 5. The van der Waals surface area contributed by atoms with Crippen molar-refractivity contribution in [1.82, 2.24) is 4.98 Å². The van der Waals surface area contributed by atoms with Crippen molar-refractivity contribution >= 4 is 112 Å². The number of anilines is 3. The van der Waals surface area contributed by atoms with Gasteiger partial charge in [-0.2, -0.15) is 0 Å². The summed E-state index contributed by atoms with van der Waals surface area (Å²) < 4.78 is 6.45. The van der Waals surface area contributed by atoms with Crippen LogP contribution in [-0.2, 0) is 0 Å². The lowest BCUT2D eigenvalue weighted by Gasteiger charge is -2.27. The average molecular weight is 793 g/mol. The number of aromatic nitrogens is 1. The minimum atomic E-state index is 1.06. The molecule has 5 heteroatoms. The number of nitrogens with zero attached hydrogens (tertiary/aromatic N) is 2. The third-order valence-electron chi connectivity index (χ3n) is 11.3. The van der Waals surface area contributed by atoms with Crippen molar-refractivity contribution in [3.63, 3.8) is 0 Å². The Morgan fingerprint density at radius 1 is 0.379 bits per heavy atom. The second kappa shape index (κ2) is 13.5.